The maximum atomic E-state index is 6.25. The minimum Gasteiger partial charge on any atom is -0.379 e. The van der Waals surface area contributed by atoms with E-state index < -0.39 is 0 Å². The van der Waals surface area contributed by atoms with Gasteiger partial charge < -0.3 is 15.4 Å². The Balaban J connectivity index is 1.77. The van der Waals surface area contributed by atoms with Crippen LogP contribution in [-0.2, 0) is 11.3 Å². The normalized spacial score (nSPS) is 16.2. The van der Waals surface area contributed by atoms with Crippen molar-refractivity contribution >= 4 is 33.5 Å². The van der Waals surface area contributed by atoms with Gasteiger partial charge in [0, 0.05) is 35.7 Å². The average Bonchev–Trinajstić information content (AvgIpc) is 2.58. The molecule has 0 radical (unpaired) electrons. The first-order valence-corrected chi connectivity index (χ1v) is 9.62. The molecule has 1 heterocycles. The van der Waals surface area contributed by atoms with Crippen LogP contribution in [0.3, 0.4) is 0 Å². The fraction of sp³-hybridized carbons (Fsp3) is 0.588. The van der Waals surface area contributed by atoms with E-state index in [1.54, 1.807) is 0 Å². The van der Waals surface area contributed by atoms with Crippen LogP contribution in [0.4, 0.5) is 0 Å². The van der Waals surface area contributed by atoms with Gasteiger partial charge in [0.1, 0.15) is 0 Å². The lowest BCUT2D eigenvalue weighted by Crippen LogP contribution is -2.40. The minimum atomic E-state index is 0.560. The monoisotopic (exact) mass is 416 g/mol. The summed E-state index contributed by atoms with van der Waals surface area (Å²) in [6, 6.07) is 5.88. The quantitative estimate of drug-likeness (QED) is 0.407. The number of hydrogen-bond acceptors (Lipinski definition) is 3. The zero-order chi connectivity index (χ0) is 17.2. The molecule has 2 rings (SSSR count). The molecule has 24 heavy (non-hydrogen) atoms. The van der Waals surface area contributed by atoms with Crippen molar-refractivity contribution in [3.63, 3.8) is 0 Å². The first-order valence-electron chi connectivity index (χ1n) is 8.45. The predicted octanol–water partition coefficient (Wildman–Crippen LogP) is 2.88. The van der Waals surface area contributed by atoms with Gasteiger partial charge in [0.25, 0.3) is 0 Å². The van der Waals surface area contributed by atoms with E-state index in [4.69, 9.17) is 16.3 Å². The Labute approximate surface area is 157 Å². The number of hydrogen-bond donors (Lipinski definition) is 2. The Hall–Kier alpha value is -0.820. The Kier molecular flexibility index (Phi) is 8.88. The highest BCUT2D eigenvalue weighted by Crippen LogP contribution is 2.21. The molecule has 0 unspecified atom stereocenters. The number of nitrogens with one attached hydrogen (secondary N) is 2. The van der Waals surface area contributed by atoms with Gasteiger partial charge in [-0.3, -0.25) is 4.90 Å². The van der Waals surface area contributed by atoms with Crippen LogP contribution < -0.4 is 10.6 Å². The molecule has 0 saturated carbocycles. The van der Waals surface area contributed by atoms with Gasteiger partial charge in [-0.1, -0.05) is 33.6 Å². The molecule has 0 spiro atoms. The largest absolute Gasteiger partial charge is 0.379 e. The lowest BCUT2D eigenvalue weighted by molar-refractivity contribution is 0.0376. The number of nitrogens with zero attached hydrogens (tertiary/aromatic N) is 2. The van der Waals surface area contributed by atoms with Crippen molar-refractivity contribution < 1.29 is 4.74 Å². The van der Waals surface area contributed by atoms with E-state index in [2.05, 4.69) is 43.4 Å². The Morgan fingerprint density at radius 2 is 2.12 bits per heavy atom. The van der Waals surface area contributed by atoms with E-state index in [0.717, 1.165) is 73.4 Å². The number of guanidine groups is 1. The zero-order valence-electron chi connectivity index (χ0n) is 14.2. The molecule has 0 atom stereocenters. The summed E-state index contributed by atoms with van der Waals surface area (Å²) in [7, 11) is 0. The van der Waals surface area contributed by atoms with Gasteiger partial charge in [0.15, 0.2) is 5.96 Å². The minimum absolute atomic E-state index is 0.560. The summed E-state index contributed by atoms with van der Waals surface area (Å²) in [5.74, 6) is 0.832. The molecule has 1 aliphatic heterocycles. The smallest absolute Gasteiger partial charge is 0.191 e. The van der Waals surface area contributed by atoms with E-state index in [0.29, 0.717) is 6.54 Å². The van der Waals surface area contributed by atoms with E-state index >= 15 is 0 Å². The second kappa shape index (κ2) is 10.9. The molecule has 0 aliphatic carbocycles. The SMILES string of the molecule is CCNC(=NCc1ccc(Br)cc1Cl)NCCCN1CCOCC1. The van der Waals surface area contributed by atoms with Crippen molar-refractivity contribution in [1.29, 1.82) is 0 Å². The molecule has 1 aromatic carbocycles. The summed E-state index contributed by atoms with van der Waals surface area (Å²) in [6.45, 7) is 9.24. The number of aliphatic imine (C=N–C) groups is 1. The van der Waals surface area contributed by atoms with Gasteiger partial charge >= 0.3 is 0 Å². The van der Waals surface area contributed by atoms with Gasteiger partial charge in [0.05, 0.1) is 19.8 Å². The molecule has 0 bridgehead atoms. The van der Waals surface area contributed by atoms with Crippen molar-refractivity contribution in [2.75, 3.05) is 45.9 Å². The number of morpholine rings is 1. The van der Waals surface area contributed by atoms with Crippen molar-refractivity contribution in [1.82, 2.24) is 15.5 Å². The van der Waals surface area contributed by atoms with Crippen LogP contribution in [0.5, 0.6) is 0 Å². The highest BCUT2D eigenvalue weighted by Gasteiger charge is 2.09. The van der Waals surface area contributed by atoms with Gasteiger partial charge in [-0.15, -0.1) is 0 Å². The van der Waals surface area contributed by atoms with E-state index in [9.17, 15) is 0 Å². The fourth-order valence-corrected chi connectivity index (χ4v) is 3.22. The van der Waals surface area contributed by atoms with Crippen LogP contribution in [0.25, 0.3) is 0 Å². The molecular weight excluding hydrogens is 392 g/mol. The highest BCUT2D eigenvalue weighted by molar-refractivity contribution is 9.10. The molecule has 1 saturated heterocycles. The predicted molar refractivity (Wildman–Crippen MR) is 104 cm³/mol. The van der Waals surface area contributed by atoms with Crippen LogP contribution >= 0.6 is 27.5 Å². The Morgan fingerprint density at radius 1 is 1.33 bits per heavy atom. The van der Waals surface area contributed by atoms with Gasteiger partial charge in [-0.2, -0.15) is 0 Å². The van der Waals surface area contributed by atoms with E-state index in [1.807, 2.05) is 18.2 Å². The third-order valence-electron chi connectivity index (χ3n) is 3.81. The van der Waals surface area contributed by atoms with Crippen molar-refractivity contribution in [2.45, 2.75) is 19.9 Å². The number of ether oxygens (including phenoxy) is 1. The molecule has 5 nitrogen and oxygen atoms in total. The van der Waals surface area contributed by atoms with Crippen molar-refractivity contribution in [3.8, 4) is 0 Å². The molecular formula is C17H26BrClN4O. The highest BCUT2D eigenvalue weighted by atomic mass is 79.9. The van der Waals surface area contributed by atoms with Crippen LogP contribution in [0, 0.1) is 0 Å². The molecule has 1 fully saturated rings. The second-order valence-corrected chi connectivity index (χ2v) is 6.99. The lowest BCUT2D eigenvalue weighted by atomic mass is 10.2. The second-order valence-electron chi connectivity index (χ2n) is 5.67. The van der Waals surface area contributed by atoms with Crippen molar-refractivity contribution in [3.05, 3.63) is 33.3 Å². The Morgan fingerprint density at radius 3 is 2.83 bits per heavy atom. The fourth-order valence-electron chi connectivity index (χ4n) is 2.49. The van der Waals surface area contributed by atoms with Gasteiger partial charge in [-0.05, 0) is 37.6 Å². The molecule has 0 amide bonds. The van der Waals surface area contributed by atoms with Crippen molar-refractivity contribution in [2.24, 2.45) is 4.99 Å². The topological polar surface area (TPSA) is 48.9 Å². The summed E-state index contributed by atoms with van der Waals surface area (Å²) in [5.41, 5.74) is 1.02. The van der Waals surface area contributed by atoms with Crippen LogP contribution in [-0.4, -0.2) is 56.8 Å². The summed E-state index contributed by atoms with van der Waals surface area (Å²) in [4.78, 5) is 7.06. The molecule has 134 valence electrons. The maximum absolute atomic E-state index is 6.25. The molecule has 1 aromatic rings. The summed E-state index contributed by atoms with van der Waals surface area (Å²) < 4.78 is 6.35. The van der Waals surface area contributed by atoms with E-state index in [-0.39, 0.29) is 0 Å². The summed E-state index contributed by atoms with van der Waals surface area (Å²) >= 11 is 9.67. The van der Waals surface area contributed by atoms with Crippen LogP contribution in [0.15, 0.2) is 27.7 Å². The van der Waals surface area contributed by atoms with Crippen LogP contribution in [0.1, 0.15) is 18.9 Å². The number of rotatable bonds is 7. The third-order valence-corrected chi connectivity index (χ3v) is 4.66. The van der Waals surface area contributed by atoms with E-state index in [1.165, 1.54) is 0 Å². The first kappa shape index (κ1) is 19.5. The zero-order valence-corrected chi connectivity index (χ0v) is 16.5. The molecule has 0 aromatic heterocycles. The lowest BCUT2D eigenvalue weighted by Gasteiger charge is -2.26. The Bertz CT molecular complexity index is 535. The number of halogens is 2. The third kappa shape index (κ3) is 6.97. The van der Waals surface area contributed by atoms with Crippen LogP contribution in [0.2, 0.25) is 5.02 Å². The molecule has 2 N–H and O–H groups in total. The molecule has 1 aliphatic rings. The maximum Gasteiger partial charge on any atom is 0.191 e. The van der Waals surface area contributed by atoms with Gasteiger partial charge in [0.2, 0.25) is 0 Å². The molecule has 7 heteroatoms. The summed E-state index contributed by atoms with van der Waals surface area (Å²) in [5, 5.41) is 7.40. The first-order chi connectivity index (χ1) is 11.7. The van der Waals surface area contributed by atoms with Gasteiger partial charge in [-0.25, -0.2) is 4.99 Å². The summed E-state index contributed by atoms with van der Waals surface area (Å²) in [6.07, 6.45) is 1.09. The number of benzene rings is 1. The standard InChI is InChI=1S/C17H26BrClN4O/c1-2-20-17(21-6-3-7-23-8-10-24-11-9-23)22-13-14-4-5-15(18)12-16(14)19/h4-5,12H,2-3,6-11,13H2,1H3,(H2,20,21,22). The average molecular weight is 418 g/mol.